The highest BCUT2D eigenvalue weighted by molar-refractivity contribution is 6.42. The van der Waals surface area contributed by atoms with Gasteiger partial charge >= 0.3 is 6.09 Å². The van der Waals surface area contributed by atoms with E-state index in [9.17, 15) is 4.79 Å². The number of ether oxygens (including phenoxy) is 1. The molecule has 0 aliphatic heterocycles. The Morgan fingerprint density at radius 3 is 2.75 bits per heavy atom. The van der Waals surface area contributed by atoms with Gasteiger partial charge in [-0.2, -0.15) is 0 Å². The minimum atomic E-state index is -0.420. The molecular weight excluding hydrogens is 249 g/mol. The lowest BCUT2D eigenvalue weighted by atomic mass is 10.2. The molecule has 0 spiro atoms. The summed E-state index contributed by atoms with van der Waals surface area (Å²) in [7, 11) is 0. The van der Waals surface area contributed by atoms with Gasteiger partial charge in [0.15, 0.2) is 0 Å². The molecule has 0 saturated carbocycles. The van der Waals surface area contributed by atoms with Gasteiger partial charge in [0.1, 0.15) is 0 Å². The number of nitrogens with zero attached hydrogens (tertiary/aromatic N) is 1. The van der Waals surface area contributed by atoms with Gasteiger partial charge in [-0.25, -0.2) is 4.79 Å². The summed E-state index contributed by atoms with van der Waals surface area (Å²) in [5, 5.41) is 1.73. The topological polar surface area (TPSA) is 31.2 Å². The smallest absolute Gasteiger partial charge is 0.418 e. The summed E-state index contributed by atoms with van der Waals surface area (Å²) >= 11 is 11.8. The number of rotatable bonds is 1. The molecule has 0 N–H and O–H groups in total. The predicted octanol–water partition coefficient (Wildman–Crippen LogP) is 3.95. The molecule has 1 aromatic heterocycles. The summed E-state index contributed by atoms with van der Waals surface area (Å²) in [5.74, 6) is 0. The Morgan fingerprint density at radius 2 is 2.06 bits per heavy atom. The van der Waals surface area contributed by atoms with Crippen LogP contribution in [0, 0.1) is 0 Å². The minimum Gasteiger partial charge on any atom is -0.449 e. The maximum atomic E-state index is 11.6. The Labute approximate surface area is 103 Å². The summed E-state index contributed by atoms with van der Waals surface area (Å²) in [6, 6.07) is 5.15. The van der Waals surface area contributed by atoms with Crippen LogP contribution in [0.5, 0.6) is 0 Å². The lowest BCUT2D eigenvalue weighted by Crippen LogP contribution is -2.11. The van der Waals surface area contributed by atoms with Gasteiger partial charge in [-0.1, -0.05) is 23.2 Å². The van der Waals surface area contributed by atoms with Crippen LogP contribution in [-0.2, 0) is 4.74 Å². The third kappa shape index (κ3) is 1.88. The maximum Gasteiger partial charge on any atom is 0.418 e. The van der Waals surface area contributed by atoms with E-state index in [4.69, 9.17) is 27.9 Å². The molecule has 1 aromatic carbocycles. The fraction of sp³-hybridized carbons (Fsp3) is 0.182. The molecule has 0 radical (unpaired) electrons. The van der Waals surface area contributed by atoms with E-state index in [0.29, 0.717) is 22.2 Å². The summed E-state index contributed by atoms with van der Waals surface area (Å²) in [6.45, 7) is 2.09. The lowest BCUT2D eigenvalue weighted by Gasteiger charge is -2.04. The highest BCUT2D eigenvalue weighted by atomic mass is 35.5. The molecule has 1 heterocycles. The van der Waals surface area contributed by atoms with Crippen LogP contribution >= 0.6 is 23.2 Å². The molecule has 5 heteroatoms. The first-order chi connectivity index (χ1) is 7.63. The molecule has 0 amide bonds. The number of fused-ring (bicyclic) bond motifs is 1. The van der Waals surface area contributed by atoms with E-state index < -0.39 is 6.09 Å². The lowest BCUT2D eigenvalue weighted by molar-refractivity contribution is 0.155. The standard InChI is InChI=1S/C11H9Cl2NO2/c1-2-16-11(15)14-4-3-7-5-8(12)9(13)6-10(7)14/h3-6H,2H2,1H3. The van der Waals surface area contributed by atoms with E-state index in [0.717, 1.165) is 5.39 Å². The summed E-state index contributed by atoms with van der Waals surface area (Å²) in [4.78, 5) is 11.6. The normalized spacial score (nSPS) is 10.7. The zero-order valence-corrected chi connectivity index (χ0v) is 10.0. The van der Waals surface area contributed by atoms with Crippen LogP contribution in [0.2, 0.25) is 10.0 Å². The molecule has 0 unspecified atom stereocenters. The van der Waals surface area contributed by atoms with Crippen molar-refractivity contribution in [1.82, 2.24) is 4.57 Å². The highest BCUT2D eigenvalue weighted by Gasteiger charge is 2.11. The number of benzene rings is 1. The molecule has 3 nitrogen and oxygen atoms in total. The molecule has 84 valence electrons. The van der Waals surface area contributed by atoms with Crippen molar-refractivity contribution in [2.24, 2.45) is 0 Å². The minimum absolute atomic E-state index is 0.333. The quantitative estimate of drug-likeness (QED) is 0.775. The van der Waals surface area contributed by atoms with Gasteiger partial charge in [-0.3, -0.25) is 4.57 Å². The van der Waals surface area contributed by atoms with Gasteiger partial charge in [0, 0.05) is 11.6 Å². The van der Waals surface area contributed by atoms with Crippen LogP contribution < -0.4 is 0 Å². The van der Waals surface area contributed by atoms with Crippen molar-refractivity contribution in [3.05, 3.63) is 34.4 Å². The maximum absolute atomic E-state index is 11.6. The average molecular weight is 258 g/mol. The molecule has 0 atom stereocenters. The number of carbonyl (C=O) groups excluding carboxylic acids is 1. The van der Waals surface area contributed by atoms with Gasteiger partial charge in [0.2, 0.25) is 0 Å². The number of halogens is 2. The molecule has 16 heavy (non-hydrogen) atoms. The van der Waals surface area contributed by atoms with E-state index in [1.54, 1.807) is 31.3 Å². The van der Waals surface area contributed by atoms with E-state index in [1.807, 2.05) is 0 Å². The summed E-state index contributed by atoms with van der Waals surface area (Å²) in [6.07, 6.45) is 1.21. The first-order valence-electron chi connectivity index (χ1n) is 4.76. The van der Waals surface area contributed by atoms with Crippen molar-refractivity contribution in [3.63, 3.8) is 0 Å². The van der Waals surface area contributed by atoms with Gasteiger partial charge < -0.3 is 4.74 Å². The van der Waals surface area contributed by atoms with Gasteiger partial charge in [-0.05, 0) is 25.1 Å². The van der Waals surface area contributed by atoms with Gasteiger partial charge in [0.25, 0.3) is 0 Å². The fourth-order valence-corrected chi connectivity index (χ4v) is 1.81. The van der Waals surface area contributed by atoms with Crippen molar-refractivity contribution >= 4 is 40.2 Å². The second kappa shape index (κ2) is 4.36. The Bertz CT molecular complexity index is 548. The average Bonchev–Trinajstić information content (AvgIpc) is 2.62. The number of aromatic nitrogens is 1. The fourth-order valence-electron chi connectivity index (χ4n) is 1.48. The molecule has 0 aliphatic rings. The van der Waals surface area contributed by atoms with Crippen molar-refractivity contribution in [2.45, 2.75) is 6.92 Å². The second-order valence-electron chi connectivity index (χ2n) is 3.21. The van der Waals surface area contributed by atoms with E-state index in [1.165, 1.54) is 4.57 Å². The molecular formula is C11H9Cl2NO2. The summed E-state index contributed by atoms with van der Waals surface area (Å²) < 4.78 is 6.32. The number of carbonyl (C=O) groups is 1. The van der Waals surface area contributed by atoms with Crippen molar-refractivity contribution in [2.75, 3.05) is 6.61 Å². The molecule has 0 aliphatic carbocycles. The van der Waals surface area contributed by atoms with E-state index in [-0.39, 0.29) is 0 Å². The van der Waals surface area contributed by atoms with Crippen LogP contribution in [0.1, 0.15) is 6.92 Å². The zero-order chi connectivity index (χ0) is 11.7. The van der Waals surface area contributed by atoms with Gasteiger partial charge in [-0.15, -0.1) is 0 Å². The van der Waals surface area contributed by atoms with Crippen LogP contribution in [0.3, 0.4) is 0 Å². The molecule has 0 bridgehead atoms. The summed E-state index contributed by atoms with van der Waals surface area (Å²) in [5.41, 5.74) is 0.688. The third-order valence-corrected chi connectivity index (χ3v) is 2.92. The zero-order valence-electron chi connectivity index (χ0n) is 8.54. The molecule has 0 fully saturated rings. The molecule has 2 aromatic rings. The Morgan fingerprint density at radius 1 is 1.38 bits per heavy atom. The van der Waals surface area contributed by atoms with E-state index >= 15 is 0 Å². The van der Waals surface area contributed by atoms with Gasteiger partial charge in [0.05, 0.1) is 22.2 Å². The largest absolute Gasteiger partial charge is 0.449 e. The van der Waals surface area contributed by atoms with Crippen LogP contribution in [0.15, 0.2) is 24.4 Å². The van der Waals surface area contributed by atoms with E-state index in [2.05, 4.69) is 0 Å². The van der Waals surface area contributed by atoms with Crippen LogP contribution in [-0.4, -0.2) is 17.3 Å². The Hall–Kier alpha value is -1.19. The second-order valence-corrected chi connectivity index (χ2v) is 4.02. The third-order valence-electron chi connectivity index (χ3n) is 2.20. The highest BCUT2D eigenvalue weighted by Crippen LogP contribution is 2.28. The molecule has 0 saturated heterocycles. The van der Waals surface area contributed by atoms with Crippen molar-refractivity contribution in [3.8, 4) is 0 Å². The van der Waals surface area contributed by atoms with Crippen molar-refractivity contribution < 1.29 is 9.53 Å². The number of hydrogen-bond donors (Lipinski definition) is 0. The Balaban J connectivity index is 2.56. The Kier molecular flexibility index (Phi) is 3.08. The van der Waals surface area contributed by atoms with Crippen LogP contribution in [0.4, 0.5) is 4.79 Å². The monoisotopic (exact) mass is 257 g/mol. The number of hydrogen-bond acceptors (Lipinski definition) is 2. The van der Waals surface area contributed by atoms with Crippen molar-refractivity contribution in [1.29, 1.82) is 0 Å². The SMILES string of the molecule is CCOC(=O)n1ccc2cc(Cl)c(Cl)cc21. The molecule has 2 rings (SSSR count). The first kappa shape index (κ1) is 11.3. The first-order valence-corrected chi connectivity index (χ1v) is 5.52. The van der Waals surface area contributed by atoms with Crippen LogP contribution in [0.25, 0.3) is 10.9 Å². The predicted molar refractivity (Wildman–Crippen MR) is 64.4 cm³/mol.